The zero-order valence-corrected chi connectivity index (χ0v) is 14.9. The third-order valence-corrected chi connectivity index (χ3v) is 3.69. The number of nitrogens with one attached hydrogen (secondary N) is 2. The predicted molar refractivity (Wildman–Crippen MR) is 94.5 cm³/mol. The summed E-state index contributed by atoms with van der Waals surface area (Å²) < 4.78 is 0. The summed E-state index contributed by atoms with van der Waals surface area (Å²) in [7, 11) is 0. The van der Waals surface area contributed by atoms with Gasteiger partial charge >= 0.3 is 5.97 Å². The van der Waals surface area contributed by atoms with Crippen LogP contribution in [0.25, 0.3) is 0 Å². The van der Waals surface area contributed by atoms with E-state index in [-0.39, 0.29) is 24.3 Å². The second-order valence-electron chi connectivity index (χ2n) is 5.76. The largest absolute Gasteiger partial charge is 0.478 e. The van der Waals surface area contributed by atoms with Crippen molar-refractivity contribution in [1.29, 1.82) is 0 Å². The second-order valence-corrected chi connectivity index (χ2v) is 5.76. The van der Waals surface area contributed by atoms with E-state index in [2.05, 4.69) is 17.6 Å². The first kappa shape index (κ1) is 21.9. The maximum Gasteiger partial charge on any atom is 0.328 e. The molecule has 0 aromatic rings. The van der Waals surface area contributed by atoms with Crippen LogP contribution in [0.2, 0.25) is 0 Å². The van der Waals surface area contributed by atoms with Gasteiger partial charge < -0.3 is 15.7 Å². The van der Waals surface area contributed by atoms with E-state index >= 15 is 0 Å². The highest BCUT2D eigenvalue weighted by Gasteiger charge is 2.24. The maximum absolute atomic E-state index is 12.2. The number of allylic oxidation sites excluding steroid dienone is 1. The lowest BCUT2D eigenvalue weighted by Crippen LogP contribution is -2.49. The first-order valence-electron chi connectivity index (χ1n) is 8.56. The topological polar surface area (TPSA) is 95.5 Å². The Morgan fingerprint density at radius 1 is 1.08 bits per heavy atom. The van der Waals surface area contributed by atoms with Crippen molar-refractivity contribution in [1.82, 2.24) is 10.6 Å². The number of amides is 2. The minimum Gasteiger partial charge on any atom is -0.478 e. The molecule has 6 heteroatoms. The van der Waals surface area contributed by atoms with Crippen molar-refractivity contribution in [3.8, 4) is 0 Å². The standard InChI is InChI=1S/C18H30N2O4/c1-4-6-7-8-9-11-15(21)20-17(14(3)5-2)18(24)19-13-10-12-16(22)23/h9-12,14,17H,4-8,13H2,1-3H3,(H,19,24)(H,20,21)(H,22,23)/b11-9+,12-10+. The zero-order chi connectivity index (χ0) is 18.4. The molecule has 136 valence electrons. The molecular weight excluding hydrogens is 308 g/mol. The average Bonchev–Trinajstić information content (AvgIpc) is 2.55. The highest BCUT2D eigenvalue weighted by Crippen LogP contribution is 2.08. The van der Waals surface area contributed by atoms with Gasteiger partial charge in [-0.3, -0.25) is 9.59 Å². The van der Waals surface area contributed by atoms with Crippen LogP contribution >= 0.6 is 0 Å². The molecule has 0 aromatic carbocycles. The first-order chi connectivity index (χ1) is 11.4. The van der Waals surface area contributed by atoms with Crippen LogP contribution in [0, 0.1) is 5.92 Å². The summed E-state index contributed by atoms with van der Waals surface area (Å²) in [5, 5.41) is 13.9. The molecule has 2 atom stereocenters. The molecule has 0 fully saturated rings. The van der Waals surface area contributed by atoms with E-state index in [1.54, 1.807) is 0 Å². The van der Waals surface area contributed by atoms with Crippen LogP contribution in [-0.4, -0.2) is 35.5 Å². The monoisotopic (exact) mass is 338 g/mol. The van der Waals surface area contributed by atoms with Gasteiger partial charge in [0, 0.05) is 12.6 Å². The van der Waals surface area contributed by atoms with Crippen LogP contribution in [0.5, 0.6) is 0 Å². The molecule has 2 amide bonds. The van der Waals surface area contributed by atoms with Crippen molar-refractivity contribution in [2.75, 3.05) is 6.54 Å². The van der Waals surface area contributed by atoms with Crippen molar-refractivity contribution in [3.05, 3.63) is 24.3 Å². The molecule has 2 unspecified atom stereocenters. The minimum absolute atomic E-state index is 0.0223. The Hall–Kier alpha value is -2.11. The van der Waals surface area contributed by atoms with Crippen LogP contribution in [0.4, 0.5) is 0 Å². The van der Waals surface area contributed by atoms with Crippen molar-refractivity contribution >= 4 is 17.8 Å². The second kappa shape index (κ2) is 13.3. The van der Waals surface area contributed by atoms with Crippen LogP contribution in [0.3, 0.4) is 0 Å². The van der Waals surface area contributed by atoms with E-state index in [0.717, 1.165) is 38.2 Å². The molecule has 3 N–H and O–H groups in total. The summed E-state index contributed by atoms with van der Waals surface area (Å²) >= 11 is 0. The zero-order valence-electron chi connectivity index (χ0n) is 14.9. The van der Waals surface area contributed by atoms with E-state index in [4.69, 9.17) is 5.11 Å². The Morgan fingerprint density at radius 2 is 1.79 bits per heavy atom. The van der Waals surface area contributed by atoms with Gasteiger partial charge in [0.25, 0.3) is 0 Å². The fourth-order valence-electron chi connectivity index (χ4n) is 2.04. The molecule has 0 rings (SSSR count). The van der Waals surface area contributed by atoms with E-state index in [1.807, 2.05) is 19.9 Å². The number of carbonyl (C=O) groups is 3. The quantitative estimate of drug-likeness (QED) is 0.376. The number of carboxylic acids is 1. The van der Waals surface area contributed by atoms with Gasteiger partial charge in [-0.2, -0.15) is 0 Å². The van der Waals surface area contributed by atoms with E-state index in [9.17, 15) is 14.4 Å². The Kier molecular flexibility index (Phi) is 12.2. The molecule has 24 heavy (non-hydrogen) atoms. The number of hydrogen-bond donors (Lipinski definition) is 3. The SMILES string of the molecule is CCCCC/C=C/C(=O)NC(C(=O)NC/C=C/C(=O)O)C(C)CC. The van der Waals surface area contributed by atoms with Crippen LogP contribution < -0.4 is 10.6 Å². The molecule has 6 nitrogen and oxygen atoms in total. The van der Waals surface area contributed by atoms with E-state index in [1.165, 1.54) is 12.2 Å². The summed E-state index contributed by atoms with van der Waals surface area (Å²) in [6.45, 7) is 6.07. The number of hydrogen-bond acceptors (Lipinski definition) is 3. The van der Waals surface area contributed by atoms with Gasteiger partial charge in [-0.05, 0) is 24.8 Å². The molecule has 0 radical (unpaired) electrons. The highest BCUT2D eigenvalue weighted by molar-refractivity contribution is 5.93. The smallest absolute Gasteiger partial charge is 0.328 e. The maximum atomic E-state index is 12.2. The Morgan fingerprint density at radius 3 is 2.38 bits per heavy atom. The molecule has 0 saturated carbocycles. The fourth-order valence-corrected chi connectivity index (χ4v) is 2.04. The molecule has 0 aliphatic rings. The van der Waals surface area contributed by atoms with Gasteiger partial charge in [0.2, 0.25) is 11.8 Å². The molecule has 0 aliphatic carbocycles. The lowest BCUT2D eigenvalue weighted by Gasteiger charge is -2.22. The molecule has 0 aliphatic heterocycles. The van der Waals surface area contributed by atoms with Gasteiger partial charge in [-0.1, -0.05) is 52.2 Å². The molecular formula is C18H30N2O4. The minimum atomic E-state index is -1.07. The number of unbranched alkanes of at least 4 members (excludes halogenated alkanes) is 3. The number of carboxylic acid groups (broad SMARTS) is 1. The van der Waals surface area contributed by atoms with E-state index in [0.29, 0.717) is 0 Å². The summed E-state index contributed by atoms with van der Waals surface area (Å²) in [5.74, 6) is -1.68. The fraction of sp³-hybridized carbons (Fsp3) is 0.611. The predicted octanol–water partition coefficient (Wildman–Crippen LogP) is 2.41. The molecule has 0 heterocycles. The third-order valence-electron chi connectivity index (χ3n) is 3.69. The Labute approximate surface area is 144 Å². The number of rotatable bonds is 12. The number of carbonyl (C=O) groups excluding carboxylic acids is 2. The third kappa shape index (κ3) is 10.6. The summed E-state index contributed by atoms with van der Waals surface area (Å²) in [6, 6.07) is -0.638. The Bertz CT molecular complexity index is 458. The van der Waals surface area contributed by atoms with Crippen molar-refractivity contribution < 1.29 is 19.5 Å². The van der Waals surface area contributed by atoms with Crippen LogP contribution in [0.1, 0.15) is 52.9 Å². The van der Waals surface area contributed by atoms with Crippen molar-refractivity contribution in [3.63, 3.8) is 0 Å². The lowest BCUT2D eigenvalue weighted by atomic mass is 9.98. The normalized spacial score (nSPS) is 13.8. The summed E-state index contributed by atoms with van der Waals surface area (Å²) in [6.07, 6.45) is 10.5. The van der Waals surface area contributed by atoms with Crippen LogP contribution in [0.15, 0.2) is 24.3 Å². The van der Waals surface area contributed by atoms with Crippen molar-refractivity contribution in [2.45, 2.75) is 58.9 Å². The highest BCUT2D eigenvalue weighted by atomic mass is 16.4. The van der Waals surface area contributed by atoms with Crippen molar-refractivity contribution in [2.24, 2.45) is 5.92 Å². The van der Waals surface area contributed by atoms with Gasteiger partial charge in [0.15, 0.2) is 0 Å². The Balaban J connectivity index is 4.51. The van der Waals surface area contributed by atoms with Gasteiger partial charge in [-0.25, -0.2) is 4.79 Å². The average molecular weight is 338 g/mol. The van der Waals surface area contributed by atoms with Gasteiger partial charge in [0.1, 0.15) is 6.04 Å². The van der Waals surface area contributed by atoms with Gasteiger partial charge in [0.05, 0.1) is 0 Å². The molecule has 0 aromatic heterocycles. The summed E-state index contributed by atoms with van der Waals surface area (Å²) in [4.78, 5) is 34.5. The van der Waals surface area contributed by atoms with Crippen LogP contribution in [-0.2, 0) is 14.4 Å². The summed E-state index contributed by atoms with van der Waals surface area (Å²) in [5.41, 5.74) is 0. The molecule has 0 saturated heterocycles. The van der Waals surface area contributed by atoms with Gasteiger partial charge in [-0.15, -0.1) is 0 Å². The number of aliphatic carboxylic acids is 1. The molecule has 0 bridgehead atoms. The lowest BCUT2D eigenvalue weighted by molar-refractivity contribution is -0.131. The molecule has 0 spiro atoms. The van der Waals surface area contributed by atoms with E-state index < -0.39 is 12.0 Å². The first-order valence-corrected chi connectivity index (χ1v) is 8.56.